The summed E-state index contributed by atoms with van der Waals surface area (Å²) in [5.74, 6) is 1.62. The summed E-state index contributed by atoms with van der Waals surface area (Å²) in [5, 5.41) is 5.51. The smallest absolute Gasteiger partial charge is 0.262 e. The van der Waals surface area contributed by atoms with Crippen LogP contribution in [0.3, 0.4) is 0 Å². The van der Waals surface area contributed by atoms with Gasteiger partial charge in [0.1, 0.15) is 5.75 Å². The Morgan fingerprint density at radius 3 is 2.38 bits per heavy atom. The molecule has 0 spiro atoms. The highest BCUT2D eigenvalue weighted by atomic mass is 16.5. The Hall–Kier alpha value is -4.19. The van der Waals surface area contributed by atoms with Crippen LogP contribution in [0.2, 0.25) is 0 Å². The van der Waals surface area contributed by atoms with Gasteiger partial charge < -0.3 is 9.26 Å². The largest absolute Gasteiger partial charge is 0.494 e. The number of fused-ring (bicyclic) bond motifs is 1. The van der Waals surface area contributed by atoms with Crippen LogP contribution in [0.4, 0.5) is 0 Å². The van der Waals surface area contributed by atoms with E-state index in [1.165, 1.54) is 0 Å². The van der Waals surface area contributed by atoms with Crippen LogP contribution in [0.15, 0.2) is 88.3 Å². The van der Waals surface area contributed by atoms with Gasteiger partial charge in [-0.1, -0.05) is 53.2 Å². The Bertz CT molecular complexity index is 1450. The highest BCUT2D eigenvalue weighted by Crippen LogP contribution is 2.29. The zero-order valence-electron chi connectivity index (χ0n) is 17.8. The number of rotatable bonds is 5. The Morgan fingerprint density at radius 2 is 1.66 bits per heavy atom. The molecule has 0 saturated carbocycles. The fourth-order valence-corrected chi connectivity index (χ4v) is 3.68. The Balaban J connectivity index is 1.66. The third kappa shape index (κ3) is 3.56. The van der Waals surface area contributed by atoms with Crippen molar-refractivity contribution in [1.82, 2.24) is 14.7 Å². The molecule has 158 valence electrons. The number of hydrogen-bond donors (Lipinski definition) is 0. The highest BCUT2D eigenvalue weighted by Gasteiger charge is 2.17. The van der Waals surface area contributed by atoms with Crippen molar-refractivity contribution in [2.45, 2.75) is 13.8 Å². The van der Waals surface area contributed by atoms with Crippen molar-refractivity contribution in [3.05, 3.63) is 94.9 Å². The van der Waals surface area contributed by atoms with Crippen LogP contribution in [-0.4, -0.2) is 21.3 Å². The summed E-state index contributed by atoms with van der Waals surface area (Å²) in [4.78, 5) is 17.9. The summed E-state index contributed by atoms with van der Waals surface area (Å²) in [6.07, 6.45) is 1.76. The van der Waals surface area contributed by atoms with Gasteiger partial charge >= 0.3 is 0 Å². The second-order valence-electron chi connectivity index (χ2n) is 7.48. The zero-order chi connectivity index (χ0) is 22.1. The molecule has 32 heavy (non-hydrogen) atoms. The van der Waals surface area contributed by atoms with Crippen LogP contribution in [0.1, 0.15) is 12.5 Å². The maximum absolute atomic E-state index is 13.2. The lowest BCUT2D eigenvalue weighted by atomic mass is 10.1. The molecule has 5 aromatic rings. The topological polar surface area (TPSA) is 70.2 Å². The van der Waals surface area contributed by atoms with Crippen molar-refractivity contribution in [3.63, 3.8) is 0 Å². The van der Waals surface area contributed by atoms with E-state index in [2.05, 4.69) is 10.1 Å². The summed E-state index contributed by atoms with van der Waals surface area (Å²) >= 11 is 0. The van der Waals surface area contributed by atoms with Gasteiger partial charge in [0.05, 0.1) is 12.2 Å². The van der Waals surface area contributed by atoms with Gasteiger partial charge in [0.25, 0.3) is 11.4 Å². The molecular weight excluding hydrogens is 402 g/mol. The molecule has 2 aromatic heterocycles. The summed E-state index contributed by atoms with van der Waals surface area (Å²) in [6.45, 7) is 4.55. The predicted molar refractivity (Wildman–Crippen MR) is 124 cm³/mol. The lowest BCUT2D eigenvalue weighted by molar-refractivity contribution is 0.340. The van der Waals surface area contributed by atoms with Crippen molar-refractivity contribution >= 4 is 10.8 Å². The van der Waals surface area contributed by atoms with Crippen molar-refractivity contribution in [1.29, 1.82) is 0 Å². The molecule has 0 N–H and O–H groups in total. The summed E-state index contributed by atoms with van der Waals surface area (Å²) in [6, 6.07) is 22.8. The van der Waals surface area contributed by atoms with Gasteiger partial charge in [-0.25, -0.2) is 0 Å². The number of aromatic nitrogens is 3. The molecule has 0 fully saturated rings. The molecule has 0 aliphatic rings. The standard InChI is InChI=1S/C26H21N3O3/c1-3-31-20-14-12-19(13-15-20)29-16-23(21-6-4-5-7-22(21)26(29)30)25-27-24(28-32-25)18-10-8-17(2)9-11-18/h4-16H,3H2,1-2H3. The molecule has 0 radical (unpaired) electrons. The van der Waals surface area contributed by atoms with E-state index < -0.39 is 0 Å². The number of nitrogens with zero attached hydrogens (tertiary/aromatic N) is 3. The van der Waals surface area contributed by atoms with Gasteiger partial charge in [0.2, 0.25) is 5.82 Å². The average Bonchev–Trinajstić information content (AvgIpc) is 3.31. The van der Waals surface area contributed by atoms with E-state index >= 15 is 0 Å². The van der Waals surface area contributed by atoms with Crippen molar-refractivity contribution < 1.29 is 9.26 Å². The lowest BCUT2D eigenvalue weighted by Gasteiger charge is -2.11. The van der Waals surface area contributed by atoms with Crippen LogP contribution < -0.4 is 10.3 Å². The van der Waals surface area contributed by atoms with E-state index in [-0.39, 0.29) is 5.56 Å². The van der Waals surface area contributed by atoms with Gasteiger partial charge in [-0.05, 0) is 44.2 Å². The Morgan fingerprint density at radius 1 is 0.938 bits per heavy atom. The summed E-state index contributed by atoms with van der Waals surface area (Å²) in [7, 11) is 0. The maximum Gasteiger partial charge on any atom is 0.262 e. The number of ether oxygens (including phenoxy) is 1. The van der Waals surface area contributed by atoms with Gasteiger partial charge in [0, 0.05) is 28.2 Å². The summed E-state index contributed by atoms with van der Waals surface area (Å²) in [5.41, 5.74) is 3.33. The minimum atomic E-state index is -0.119. The van der Waals surface area contributed by atoms with Gasteiger partial charge in [-0.2, -0.15) is 4.98 Å². The third-order valence-corrected chi connectivity index (χ3v) is 5.32. The fourth-order valence-electron chi connectivity index (χ4n) is 3.68. The van der Waals surface area contributed by atoms with Crippen LogP contribution in [0.25, 0.3) is 39.3 Å². The molecule has 3 aromatic carbocycles. The lowest BCUT2D eigenvalue weighted by Crippen LogP contribution is -2.18. The van der Waals surface area contributed by atoms with Crippen molar-refractivity contribution in [3.8, 4) is 34.3 Å². The predicted octanol–water partition coefficient (Wildman–Crippen LogP) is 5.41. The first-order valence-corrected chi connectivity index (χ1v) is 10.4. The van der Waals surface area contributed by atoms with Gasteiger partial charge in [0.15, 0.2) is 0 Å². The Labute approximate surface area is 184 Å². The van der Waals surface area contributed by atoms with Crippen LogP contribution in [0, 0.1) is 6.92 Å². The molecule has 0 unspecified atom stereocenters. The molecule has 5 rings (SSSR count). The maximum atomic E-state index is 13.2. The van der Waals surface area contributed by atoms with Crippen LogP contribution >= 0.6 is 0 Å². The average molecular weight is 423 g/mol. The molecule has 6 heteroatoms. The van der Waals surface area contributed by atoms with Crippen molar-refractivity contribution in [2.24, 2.45) is 0 Å². The SMILES string of the molecule is CCOc1ccc(-n2cc(-c3nc(-c4ccc(C)cc4)no3)c3ccccc3c2=O)cc1. The molecule has 2 heterocycles. The van der Waals surface area contributed by atoms with E-state index in [4.69, 9.17) is 9.26 Å². The summed E-state index contributed by atoms with van der Waals surface area (Å²) < 4.78 is 12.8. The van der Waals surface area contributed by atoms with E-state index in [0.717, 1.165) is 28.0 Å². The molecular formula is C26H21N3O3. The molecule has 6 nitrogen and oxygen atoms in total. The monoisotopic (exact) mass is 423 g/mol. The fraction of sp³-hybridized carbons (Fsp3) is 0.115. The normalized spacial score (nSPS) is 11.1. The second kappa shape index (κ2) is 8.15. The van der Waals surface area contributed by atoms with Gasteiger partial charge in [-0.3, -0.25) is 9.36 Å². The van der Waals surface area contributed by atoms with Crippen molar-refractivity contribution in [2.75, 3.05) is 6.61 Å². The van der Waals surface area contributed by atoms with Crippen LogP contribution in [0.5, 0.6) is 5.75 Å². The Kier molecular flexibility index (Phi) is 5.03. The minimum Gasteiger partial charge on any atom is -0.494 e. The van der Waals surface area contributed by atoms with E-state index in [1.807, 2.05) is 86.6 Å². The second-order valence-corrected chi connectivity index (χ2v) is 7.48. The molecule has 0 atom stereocenters. The number of benzene rings is 3. The quantitative estimate of drug-likeness (QED) is 0.378. The third-order valence-electron chi connectivity index (χ3n) is 5.32. The first-order chi connectivity index (χ1) is 15.6. The molecule has 0 aliphatic carbocycles. The zero-order valence-corrected chi connectivity index (χ0v) is 17.8. The van der Waals surface area contributed by atoms with Crippen LogP contribution in [-0.2, 0) is 0 Å². The molecule has 0 amide bonds. The van der Waals surface area contributed by atoms with Gasteiger partial charge in [-0.15, -0.1) is 0 Å². The van der Waals surface area contributed by atoms with E-state index in [1.54, 1.807) is 10.8 Å². The number of hydrogen-bond acceptors (Lipinski definition) is 5. The van der Waals surface area contributed by atoms with E-state index in [9.17, 15) is 4.79 Å². The van der Waals surface area contributed by atoms with E-state index in [0.29, 0.717) is 29.3 Å². The molecule has 0 saturated heterocycles. The first-order valence-electron chi connectivity index (χ1n) is 10.4. The first kappa shape index (κ1) is 19.8. The number of aryl methyl sites for hydroxylation is 1. The number of pyridine rings is 1. The minimum absolute atomic E-state index is 0.119. The molecule has 0 bridgehead atoms. The highest BCUT2D eigenvalue weighted by molar-refractivity contribution is 5.94. The molecule has 0 aliphatic heterocycles.